The number of esters is 1. The third kappa shape index (κ3) is 18.2. The van der Waals surface area contributed by atoms with Crippen molar-refractivity contribution in [3.8, 4) is 0 Å². The van der Waals surface area contributed by atoms with Crippen LogP contribution in [-0.2, 0) is 9.53 Å². The van der Waals surface area contributed by atoms with Gasteiger partial charge in [-0.2, -0.15) is 0 Å². The Bertz CT molecular complexity index is 414. The van der Waals surface area contributed by atoms with Crippen LogP contribution in [0.5, 0.6) is 0 Å². The van der Waals surface area contributed by atoms with Crippen LogP contribution in [0.3, 0.4) is 0 Å². The molecule has 0 radical (unpaired) electrons. The maximum atomic E-state index is 11.1. The summed E-state index contributed by atoms with van der Waals surface area (Å²) in [5, 5.41) is 0. The second kappa shape index (κ2) is 19.2. The predicted molar refractivity (Wildman–Crippen MR) is 105 cm³/mol. The van der Waals surface area contributed by atoms with Crippen LogP contribution in [-0.4, -0.2) is 5.97 Å². The SMILES string of the molecule is C=COC(=O)CCCC=CCC=CCC=CCC=CCCCCC. The first-order valence-corrected chi connectivity index (χ1v) is 9.21. The zero-order chi connectivity index (χ0) is 17.7. The highest BCUT2D eigenvalue weighted by molar-refractivity contribution is 5.69. The highest BCUT2D eigenvalue weighted by Gasteiger charge is 1.97. The monoisotopic (exact) mass is 330 g/mol. The van der Waals surface area contributed by atoms with Gasteiger partial charge in [0.15, 0.2) is 0 Å². The lowest BCUT2D eigenvalue weighted by atomic mass is 10.2. The van der Waals surface area contributed by atoms with Crippen molar-refractivity contribution >= 4 is 5.97 Å². The van der Waals surface area contributed by atoms with Gasteiger partial charge in [-0.05, 0) is 44.9 Å². The van der Waals surface area contributed by atoms with E-state index in [2.05, 4.69) is 66.8 Å². The smallest absolute Gasteiger partial charge is 0.310 e. The number of hydrogen-bond donors (Lipinski definition) is 0. The summed E-state index contributed by atoms with van der Waals surface area (Å²) in [7, 11) is 0. The van der Waals surface area contributed by atoms with Crippen molar-refractivity contribution in [3.63, 3.8) is 0 Å². The molecule has 2 nitrogen and oxygen atoms in total. The van der Waals surface area contributed by atoms with Crippen LogP contribution < -0.4 is 0 Å². The lowest BCUT2D eigenvalue weighted by molar-refractivity contribution is -0.138. The molecule has 2 heteroatoms. The number of carbonyl (C=O) groups excluding carboxylic acids is 1. The standard InChI is InChI=1S/C22H34O2/c1-3-5-6-7-8-9-10-11-12-13-14-15-16-17-18-19-20-21-22(23)24-4-2/h4,8-9,11-12,14-15,17-18H,2-3,5-7,10,13,16,19-21H2,1H3. The van der Waals surface area contributed by atoms with Crippen LogP contribution in [0.1, 0.15) is 71.1 Å². The number of allylic oxidation sites excluding steroid dienone is 8. The minimum Gasteiger partial charge on any atom is -0.435 e. The Hall–Kier alpha value is -1.83. The maximum Gasteiger partial charge on any atom is 0.310 e. The molecule has 0 saturated heterocycles. The van der Waals surface area contributed by atoms with Gasteiger partial charge in [0.25, 0.3) is 0 Å². The molecule has 0 aromatic rings. The van der Waals surface area contributed by atoms with E-state index < -0.39 is 0 Å². The molecule has 0 aliphatic carbocycles. The fraction of sp³-hybridized carbons (Fsp3) is 0.500. The number of carbonyl (C=O) groups is 1. The zero-order valence-electron chi connectivity index (χ0n) is 15.3. The summed E-state index contributed by atoms with van der Waals surface area (Å²) in [5.41, 5.74) is 0. The summed E-state index contributed by atoms with van der Waals surface area (Å²) in [4.78, 5) is 11.1. The molecular formula is C22H34O2. The molecule has 134 valence electrons. The quantitative estimate of drug-likeness (QED) is 0.142. The van der Waals surface area contributed by atoms with Gasteiger partial charge in [-0.1, -0.05) is 75.0 Å². The summed E-state index contributed by atoms with van der Waals surface area (Å²) in [6.45, 7) is 5.59. The summed E-state index contributed by atoms with van der Waals surface area (Å²) >= 11 is 0. The highest BCUT2D eigenvalue weighted by Crippen LogP contribution is 2.02. The largest absolute Gasteiger partial charge is 0.435 e. The van der Waals surface area contributed by atoms with Crippen LogP contribution in [0.15, 0.2) is 61.4 Å². The van der Waals surface area contributed by atoms with E-state index in [1.54, 1.807) is 0 Å². The van der Waals surface area contributed by atoms with E-state index in [-0.39, 0.29) is 5.97 Å². The van der Waals surface area contributed by atoms with Gasteiger partial charge >= 0.3 is 5.97 Å². The first-order chi connectivity index (χ1) is 11.8. The molecule has 0 aromatic carbocycles. The molecule has 0 saturated carbocycles. The van der Waals surface area contributed by atoms with Crippen LogP contribution in [0.2, 0.25) is 0 Å². The number of unbranched alkanes of at least 4 members (excludes halogenated alkanes) is 4. The fourth-order valence-electron chi connectivity index (χ4n) is 2.08. The van der Waals surface area contributed by atoms with E-state index >= 15 is 0 Å². The second-order valence-electron chi connectivity index (χ2n) is 5.64. The van der Waals surface area contributed by atoms with Crippen molar-refractivity contribution in [2.24, 2.45) is 0 Å². The molecule has 0 amide bonds. The molecule has 0 bridgehead atoms. The van der Waals surface area contributed by atoms with Crippen LogP contribution in [0, 0.1) is 0 Å². The van der Waals surface area contributed by atoms with Gasteiger partial charge in [-0.3, -0.25) is 4.79 Å². The molecular weight excluding hydrogens is 296 g/mol. The van der Waals surface area contributed by atoms with Crippen molar-refractivity contribution < 1.29 is 9.53 Å². The molecule has 0 aliphatic rings. The van der Waals surface area contributed by atoms with Crippen molar-refractivity contribution in [1.29, 1.82) is 0 Å². The number of rotatable bonds is 15. The van der Waals surface area contributed by atoms with E-state index in [4.69, 9.17) is 0 Å². The van der Waals surface area contributed by atoms with E-state index in [1.165, 1.54) is 31.9 Å². The van der Waals surface area contributed by atoms with Gasteiger partial charge in [0, 0.05) is 6.42 Å². The van der Waals surface area contributed by atoms with Gasteiger partial charge in [0.1, 0.15) is 0 Å². The molecule has 0 aromatic heterocycles. The predicted octanol–water partition coefficient (Wildman–Crippen LogP) is 6.82. The van der Waals surface area contributed by atoms with Gasteiger partial charge in [0.05, 0.1) is 6.26 Å². The van der Waals surface area contributed by atoms with Crippen molar-refractivity contribution in [3.05, 3.63) is 61.4 Å². The van der Waals surface area contributed by atoms with Gasteiger partial charge in [-0.15, -0.1) is 0 Å². The minimum atomic E-state index is -0.208. The Morgan fingerprint density at radius 1 is 0.792 bits per heavy atom. The molecule has 24 heavy (non-hydrogen) atoms. The second-order valence-corrected chi connectivity index (χ2v) is 5.64. The summed E-state index contributed by atoms with van der Waals surface area (Å²) in [6, 6.07) is 0. The zero-order valence-corrected chi connectivity index (χ0v) is 15.3. The summed E-state index contributed by atoms with van der Waals surface area (Å²) < 4.78 is 4.65. The molecule has 0 fully saturated rings. The highest BCUT2D eigenvalue weighted by atomic mass is 16.5. The third-order valence-corrected chi connectivity index (χ3v) is 3.42. The Balaban J connectivity index is 3.45. The maximum absolute atomic E-state index is 11.1. The number of hydrogen-bond acceptors (Lipinski definition) is 2. The van der Waals surface area contributed by atoms with E-state index in [9.17, 15) is 4.79 Å². The molecule has 0 spiro atoms. The van der Waals surface area contributed by atoms with Crippen molar-refractivity contribution in [2.75, 3.05) is 0 Å². The van der Waals surface area contributed by atoms with Crippen LogP contribution in [0.4, 0.5) is 0 Å². The Kier molecular flexibility index (Phi) is 17.8. The Labute approximate surface area is 148 Å². The van der Waals surface area contributed by atoms with Crippen LogP contribution >= 0.6 is 0 Å². The number of ether oxygens (including phenoxy) is 1. The molecule has 0 atom stereocenters. The minimum absolute atomic E-state index is 0.208. The Morgan fingerprint density at radius 2 is 1.29 bits per heavy atom. The topological polar surface area (TPSA) is 26.3 Å². The van der Waals surface area contributed by atoms with Crippen LogP contribution in [0.25, 0.3) is 0 Å². The molecule has 0 unspecified atom stereocenters. The third-order valence-electron chi connectivity index (χ3n) is 3.42. The molecule has 0 N–H and O–H groups in total. The normalized spacial score (nSPS) is 12.0. The Morgan fingerprint density at radius 3 is 1.79 bits per heavy atom. The average Bonchev–Trinajstić information content (AvgIpc) is 2.58. The van der Waals surface area contributed by atoms with E-state index in [0.717, 1.165) is 32.1 Å². The summed E-state index contributed by atoms with van der Waals surface area (Å²) in [5.74, 6) is -0.208. The lowest BCUT2D eigenvalue weighted by Crippen LogP contribution is -1.97. The van der Waals surface area contributed by atoms with Gasteiger partial charge < -0.3 is 4.74 Å². The average molecular weight is 331 g/mol. The van der Waals surface area contributed by atoms with Crippen molar-refractivity contribution in [1.82, 2.24) is 0 Å². The van der Waals surface area contributed by atoms with E-state index in [0.29, 0.717) is 6.42 Å². The van der Waals surface area contributed by atoms with Gasteiger partial charge in [-0.25, -0.2) is 0 Å². The van der Waals surface area contributed by atoms with E-state index in [1.807, 2.05) is 0 Å². The molecule has 0 heterocycles. The first-order valence-electron chi connectivity index (χ1n) is 9.21. The first kappa shape index (κ1) is 22.2. The fourth-order valence-corrected chi connectivity index (χ4v) is 2.08. The van der Waals surface area contributed by atoms with Crippen molar-refractivity contribution in [2.45, 2.75) is 71.1 Å². The lowest BCUT2D eigenvalue weighted by Gasteiger charge is -1.95. The molecule has 0 rings (SSSR count). The van der Waals surface area contributed by atoms with Gasteiger partial charge in [0.2, 0.25) is 0 Å². The molecule has 0 aliphatic heterocycles. The summed E-state index contributed by atoms with van der Waals surface area (Å²) in [6.07, 6.45) is 29.1.